The van der Waals surface area contributed by atoms with Gasteiger partial charge in [0.2, 0.25) is 11.8 Å². The number of aromatic hydroxyl groups is 1. The molecule has 0 radical (unpaired) electrons. The zero-order chi connectivity index (χ0) is 30.5. The van der Waals surface area contributed by atoms with Crippen molar-refractivity contribution in [3.05, 3.63) is 65.2 Å². The lowest BCUT2D eigenvalue weighted by Gasteiger charge is -2.45. The molecule has 2 atom stereocenters. The van der Waals surface area contributed by atoms with Gasteiger partial charge in [-0.15, -0.1) is 0 Å². The standard InChI is InChI=1S/C32H47N3O5/c1-11-32(9,10)35(26(27(37)34-30(3,4)5)24-15-13-12-14-21(24)2)28(38)25(33-29(39)40-31(6,7)8)20-22-16-18-23(36)19-17-22/h12-19,25-26,36H,11,20H2,1-10H3,(H,33,39)(H,34,37). The number of rotatable bonds is 9. The number of ether oxygens (including phenoxy) is 1. The SMILES string of the molecule is CCC(C)(C)N(C(=O)C(Cc1ccc(O)cc1)NC(=O)OC(C)(C)C)C(C(=O)NC(C)(C)C)c1ccccc1C. The molecule has 0 bridgehead atoms. The van der Waals surface area contributed by atoms with E-state index in [4.69, 9.17) is 4.74 Å². The summed E-state index contributed by atoms with van der Waals surface area (Å²) in [7, 11) is 0. The monoisotopic (exact) mass is 553 g/mol. The topological polar surface area (TPSA) is 108 Å². The summed E-state index contributed by atoms with van der Waals surface area (Å²) in [5.74, 6) is -0.626. The molecule has 8 heteroatoms. The van der Waals surface area contributed by atoms with Crippen LogP contribution >= 0.6 is 0 Å². The fourth-order valence-electron chi connectivity index (χ4n) is 4.36. The summed E-state index contributed by atoms with van der Waals surface area (Å²) in [6.45, 7) is 18.7. The van der Waals surface area contributed by atoms with Gasteiger partial charge in [0.25, 0.3) is 0 Å². The van der Waals surface area contributed by atoms with Gasteiger partial charge >= 0.3 is 6.09 Å². The van der Waals surface area contributed by atoms with E-state index < -0.39 is 40.8 Å². The summed E-state index contributed by atoms with van der Waals surface area (Å²) in [6, 6.07) is 12.0. The van der Waals surface area contributed by atoms with Crippen LogP contribution in [0.15, 0.2) is 48.5 Å². The first kappa shape index (κ1) is 32.7. The number of carbonyl (C=O) groups excluding carboxylic acids is 3. The molecule has 0 aliphatic heterocycles. The van der Waals surface area contributed by atoms with Crippen molar-refractivity contribution < 1.29 is 24.2 Å². The van der Waals surface area contributed by atoms with Gasteiger partial charge in [0.05, 0.1) is 0 Å². The van der Waals surface area contributed by atoms with Crippen LogP contribution in [-0.2, 0) is 20.7 Å². The van der Waals surface area contributed by atoms with E-state index in [0.717, 1.165) is 11.1 Å². The Hall–Kier alpha value is -3.55. The lowest BCUT2D eigenvalue weighted by molar-refractivity contribution is -0.149. The number of carbonyl (C=O) groups is 3. The van der Waals surface area contributed by atoms with Crippen LogP contribution in [0.5, 0.6) is 5.75 Å². The van der Waals surface area contributed by atoms with Crippen molar-refractivity contribution >= 4 is 17.9 Å². The Bertz CT molecular complexity index is 1180. The van der Waals surface area contributed by atoms with E-state index in [1.807, 2.05) is 72.7 Å². The number of amides is 3. The van der Waals surface area contributed by atoms with Crippen LogP contribution in [-0.4, -0.2) is 50.6 Å². The Balaban J connectivity index is 2.70. The quantitative estimate of drug-likeness (QED) is 0.363. The maximum atomic E-state index is 14.6. The molecule has 2 unspecified atom stereocenters. The Morgan fingerprint density at radius 2 is 1.50 bits per heavy atom. The summed E-state index contributed by atoms with van der Waals surface area (Å²) in [5.41, 5.74) is 0.240. The van der Waals surface area contributed by atoms with Gasteiger partial charge in [-0.3, -0.25) is 9.59 Å². The highest BCUT2D eigenvalue weighted by Crippen LogP contribution is 2.34. The first-order valence-corrected chi connectivity index (χ1v) is 13.8. The van der Waals surface area contributed by atoms with Gasteiger partial charge < -0.3 is 25.4 Å². The number of phenols is 1. The molecule has 2 aromatic carbocycles. The molecule has 0 saturated carbocycles. The maximum absolute atomic E-state index is 14.6. The third-order valence-electron chi connectivity index (χ3n) is 6.61. The second-order valence-electron chi connectivity index (χ2n) is 12.9. The van der Waals surface area contributed by atoms with Crippen LogP contribution in [0.4, 0.5) is 4.79 Å². The lowest BCUT2D eigenvalue weighted by Crippen LogP contribution is -2.60. The van der Waals surface area contributed by atoms with Gasteiger partial charge in [-0.05, 0) is 97.6 Å². The molecule has 0 aromatic heterocycles. The fourth-order valence-corrected chi connectivity index (χ4v) is 4.36. The van der Waals surface area contributed by atoms with Crippen molar-refractivity contribution in [2.24, 2.45) is 0 Å². The zero-order valence-corrected chi connectivity index (χ0v) is 25.7. The molecule has 3 amide bonds. The summed E-state index contributed by atoms with van der Waals surface area (Å²) in [5, 5.41) is 15.6. The smallest absolute Gasteiger partial charge is 0.408 e. The second-order valence-corrected chi connectivity index (χ2v) is 12.9. The number of nitrogens with zero attached hydrogens (tertiary/aromatic N) is 1. The highest BCUT2D eigenvalue weighted by atomic mass is 16.6. The van der Waals surface area contributed by atoms with Crippen LogP contribution < -0.4 is 10.6 Å². The molecule has 0 saturated heterocycles. The highest BCUT2D eigenvalue weighted by molar-refractivity contribution is 5.93. The predicted molar refractivity (Wildman–Crippen MR) is 158 cm³/mol. The van der Waals surface area contributed by atoms with Crippen molar-refractivity contribution in [2.75, 3.05) is 0 Å². The Kier molecular flexibility index (Phi) is 10.4. The molecule has 40 heavy (non-hydrogen) atoms. The second kappa shape index (κ2) is 12.7. The molecule has 0 spiro atoms. The predicted octanol–water partition coefficient (Wildman–Crippen LogP) is 5.81. The van der Waals surface area contributed by atoms with Crippen molar-refractivity contribution in [2.45, 2.75) is 111 Å². The molecule has 220 valence electrons. The number of benzene rings is 2. The van der Waals surface area contributed by atoms with Gasteiger partial charge in [0, 0.05) is 17.5 Å². The molecule has 2 aromatic rings. The van der Waals surface area contributed by atoms with Gasteiger partial charge in [0.15, 0.2) is 0 Å². The van der Waals surface area contributed by atoms with E-state index in [2.05, 4.69) is 10.6 Å². The van der Waals surface area contributed by atoms with Crippen molar-refractivity contribution in [3.63, 3.8) is 0 Å². The number of hydrogen-bond acceptors (Lipinski definition) is 5. The van der Waals surface area contributed by atoms with Crippen LogP contribution in [0.2, 0.25) is 0 Å². The van der Waals surface area contributed by atoms with Crippen LogP contribution in [0.3, 0.4) is 0 Å². The van der Waals surface area contributed by atoms with Gasteiger partial charge in [-0.25, -0.2) is 4.79 Å². The van der Waals surface area contributed by atoms with Crippen LogP contribution in [0, 0.1) is 6.92 Å². The van der Waals surface area contributed by atoms with E-state index in [-0.39, 0.29) is 18.1 Å². The van der Waals surface area contributed by atoms with Crippen molar-refractivity contribution in [1.82, 2.24) is 15.5 Å². The van der Waals surface area contributed by atoms with E-state index in [0.29, 0.717) is 12.0 Å². The summed E-state index contributed by atoms with van der Waals surface area (Å²) in [6.07, 6.45) is -0.0383. The lowest BCUT2D eigenvalue weighted by atomic mass is 9.89. The van der Waals surface area contributed by atoms with E-state index in [1.54, 1.807) is 37.8 Å². The summed E-state index contributed by atoms with van der Waals surface area (Å²) < 4.78 is 5.50. The molecule has 2 rings (SSSR count). The van der Waals surface area contributed by atoms with Gasteiger partial charge in [-0.2, -0.15) is 0 Å². The number of aryl methyl sites for hydroxylation is 1. The molecule has 0 heterocycles. The molecule has 3 N–H and O–H groups in total. The minimum Gasteiger partial charge on any atom is -0.508 e. The van der Waals surface area contributed by atoms with Gasteiger partial charge in [0.1, 0.15) is 23.4 Å². The van der Waals surface area contributed by atoms with Crippen molar-refractivity contribution in [3.8, 4) is 5.75 Å². The Morgan fingerprint density at radius 3 is 2.00 bits per heavy atom. The first-order chi connectivity index (χ1) is 18.3. The van der Waals surface area contributed by atoms with E-state index >= 15 is 0 Å². The summed E-state index contributed by atoms with van der Waals surface area (Å²) >= 11 is 0. The zero-order valence-electron chi connectivity index (χ0n) is 25.7. The molecule has 0 fully saturated rings. The normalized spacial score (nSPS) is 13.7. The molecule has 8 nitrogen and oxygen atoms in total. The Labute approximate surface area is 239 Å². The molecular formula is C32H47N3O5. The summed E-state index contributed by atoms with van der Waals surface area (Å²) in [4.78, 5) is 43.2. The largest absolute Gasteiger partial charge is 0.508 e. The van der Waals surface area contributed by atoms with E-state index in [9.17, 15) is 19.5 Å². The molecular weight excluding hydrogens is 506 g/mol. The van der Waals surface area contributed by atoms with Crippen LogP contribution in [0.1, 0.15) is 91.5 Å². The average molecular weight is 554 g/mol. The maximum Gasteiger partial charge on any atom is 0.408 e. The minimum absolute atomic E-state index is 0.0962. The number of alkyl carbamates (subject to hydrolysis) is 1. The number of nitrogens with one attached hydrogen (secondary N) is 2. The molecule has 0 aliphatic rings. The highest BCUT2D eigenvalue weighted by Gasteiger charge is 2.44. The number of hydrogen-bond donors (Lipinski definition) is 3. The Morgan fingerprint density at radius 1 is 0.925 bits per heavy atom. The minimum atomic E-state index is -1.04. The third-order valence-corrected chi connectivity index (χ3v) is 6.61. The number of phenolic OH excluding ortho intramolecular Hbond substituents is 1. The van der Waals surface area contributed by atoms with Crippen molar-refractivity contribution in [1.29, 1.82) is 0 Å². The third kappa shape index (κ3) is 9.28. The van der Waals surface area contributed by atoms with Gasteiger partial charge in [-0.1, -0.05) is 43.3 Å². The molecule has 0 aliphatic carbocycles. The fraction of sp³-hybridized carbons (Fsp3) is 0.531. The average Bonchev–Trinajstić information content (AvgIpc) is 2.81. The first-order valence-electron chi connectivity index (χ1n) is 13.8. The van der Waals surface area contributed by atoms with Crippen LogP contribution in [0.25, 0.3) is 0 Å². The van der Waals surface area contributed by atoms with E-state index in [1.165, 1.54) is 12.1 Å².